The van der Waals surface area contributed by atoms with Crippen LogP contribution in [0.2, 0.25) is 0 Å². The Balaban J connectivity index is 1.19. The Labute approximate surface area is 191 Å². The number of imidazole rings is 1. The third-order valence-electron chi connectivity index (χ3n) is 6.37. The summed E-state index contributed by atoms with van der Waals surface area (Å²) in [4.78, 5) is 31.8. The predicted molar refractivity (Wildman–Crippen MR) is 120 cm³/mol. The number of benzene rings is 2. The number of anilines is 1. The Bertz CT molecular complexity index is 1140. The molecule has 0 spiro atoms. The van der Waals surface area contributed by atoms with Crippen LogP contribution in [0.15, 0.2) is 60.9 Å². The molecule has 1 saturated heterocycles. The van der Waals surface area contributed by atoms with Crippen molar-refractivity contribution in [1.29, 1.82) is 0 Å². The number of carbonyl (C=O) groups is 2. The van der Waals surface area contributed by atoms with Crippen LogP contribution in [0.1, 0.15) is 40.7 Å². The van der Waals surface area contributed by atoms with Gasteiger partial charge in [-0.05, 0) is 42.7 Å². The minimum atomic E-state index is -0.285. The van der Waals surface area contributed by atoms with Gasteiger partial charge in [0.2, 0.25) is 5.91 Å². The summed E-state index contributed by atoms with van der Waals surface area (Å²) in [7, 11) is 0. The minimum absolute atomic E-state index is 0.00657. The summed E-state index contributed by atoms with van der Waals surface area (Å²) >= 11 is 0. The lowest BCUT2D eigenvalue weighted by Crippen LogP contribution is -2.42. The summed E-state index contributed by atoms with van der Waals surface area (Å²) in [6.07, 6.45) is 2.68. The van der Waals surface area contributed by atoms with Crippen molar-refractivity contribution in [1.82, 2.24) is 14.5 Å². The molecule has 2 aliphatic heterocycles. The smallest absolute Gasteiger partial charge is 0.274 e. The Morgan fingerprint density at radius 1 is 1.03 bits per heavy atom. The summed E-state index contributed by atoms with van der Waals surface area (Å²) in [5.41, 5.74) is 2.83. The van der Waals surface area contributed by atoms with Gasteiger partial charge in [-0.2, -0.15) is 0 Å². The van der Waals surface area contributed by atoms with Crippen LogP contribution in [0.5, 0.6) is 0 Å². The molecule has 3 aromatic rings. The van der Waals surface area contributed by atoms with Crippen LogP contribution in [0.25, 0.3) is 0 Å². The summed E-state index contributed by atoms with van der Waals surface area (Å²) in [5, 5.41) is 2.95. The van der Waals surface area contributed by atoms with Crippen molar-refractivity contribution in [2.24, 2.45) is 5.92 Å². The number of aromatic nitrogens is 2. The molecule has 2 aromatic carbocycles. The van der Waals surface area contributed by atoms with Crippen molar-refractivity contribution in [3.63, 3.8) is 0 Å². The van der Waals surface area contributed by atoms with Crippen molar-refractivity contribution in [2.75, 3.05) is 18.4 Å². The number of halogens is 1. The number of hydrogen-bond acceptors (Lipinski definition) is 4. The SMILES string of the molecule is O=C(Nc1ccccc1)C1CCN(C(=O)c2ncn3c2COC(c2ccc(F)cc2)C3)CC1. The molecule has 1 aromatic heterocycles. The first-order chi connectivity index (χ1) is 16.1. The fourth-order valence-electron chi connectivity index (χ4n) is 4.45. The minimum Gasteiger partial charge on any atom is -0.365 e. The molecule has 170 valence electrons. The first-order valence-corrected chi connectivity index (χ1v) is 11.1. The Morgan fingerprint density at radius 3 is 2.48 bits per heavy atom. The highest BCUT2D eigenvalue weighted by molar-refractivity contribution is 5.95. The van der Waals surface area contributed by atoms with Crippen molar-refractivity contribution < 1.29 is 18.7 Å². The molecule has 33 heavy (non-hydrogen) atoms. The molecular formula is C25H25FN4O3. The molecule has 1 fully saturated rings. The number of hydrogen-bond donors (Lipinski definition) is 1. The van der Waals surface area contributed by atoms with E-state index < -0.39 is 0 Å². The number of nitrogens with one attached hydrogen (secondary N) is 1. The highest BCUT2D eigenvalue weighted by Crippen LogP contribution is 2.29. The van der Waals surface area contributed by atoms with Gasteiger partial charge in [0.1, 0.15) is 11.9 Å². The molecule has 0 bridgehead atoms. The second kappa shape index (κ2) is 9.15. The van der Waals surface area contributed by atoms with E-state index in [0.717, 1.165) is 16.9 Å². The van der Waals surface area contributed by atoms with Gasteiger partial charge in [0.05, 0.1) is 25.2 Å². The quantitative estimate of drug-likeness (QED) is 0.659. The Kier molecular flexibility index (Phi) is 5.92. The van der Waals surface area contributed by atoms with Crippen molar-refractivity contribution >= 4 is 17.5 Å². The normalized spacial score (nSPS) is 18.6. The van der Waals surface area contributed by atoms with E-state index in [9.17, 15) is 14.0 Å². The van der Waals surface area contributed by atoms with Crippen LogP contribution < -0.4 is 5.32 Å². The van der Waals surface area contributed by atoms with Gasteiger partial charge in [0.15, 0.2) is 5.69 Å². The molecule has 2 amide bonds. The first kappa shape index (κ1) is 21.3. The van der Waals surface area contributed by atoms with Gasteiger partial charge in [0.25, 0.3) is 5.91 Å². The topological polar surface area (TPSA) is 76.5 Å². The predicted octanol–water partition coefficient (Wildman–Crippen LogP) is 3.78. The average Bonchev–Trinajstić information content (AvgIpc) is 3.28. The second-order valence-corrected chi connectivity index (χ2v) is 8.47. The summed E-state index contributed by atoms with van der Waals surface area (Å²) in [6.45, 7) is 1.80. The van der Waals surface area contributed by atoms with Gasteiger partial charge < -0.3 is 19.5 Å². The lowest BCUT2D eigenvalue weighted by atomic mass is 9.95. The van der Waals surface area contributed by atoms with Crippen LogP contribution in [0.3, 0.4) is 0 Å². The number of amides is 2. The molecule has 1 N–H and O–H groups in total. The fraction of sp³-hybridized carbons (Fsp3) is 0.320. The molecule has 1 unspecified atom stereocenters. The lowest BCUT2D eigenvalue weighted by molar-refractivity contribution is -0.121. The Morgan fingerprint density at radius 2 is 1.76 bits per heavy atom. The molecule has 2 aliphatic rings. The maximum absolute atomic E-state index is 13.2. The van der Waals surface area contributed by atoms with E-state index in [0.29, 0.717) is 38.2 Å². The van der Waals surface area contributed by atoms with E-state index in [1.54, 1.807) is 23.4 Å². The van der Waals surface area contributed by atoms with Crippen molar-refractivity contribution in [2.45, 2.75) is 32.1 Å². The highest BCUT2D eigenvalue weighted by atomic mass is 19.1. The molecule has 7 nitrogen and oxygen atoms in total. The van der Waals surface area contributed by atoms with Gasteiger partial charge >= 0.3 is 0 Å². The monoisotopic (exact) mass is 448 g/mol. The second-order valence-electron chi connectivity index (χ2n) is 8.47. The zero-order valence-corrected chi connectivity index (χ0v) is 18.1. The summed E-state index contributed by atoms with van der Waals surface area (Å²) in [6, 6.07) is 15.7. The maximum atomic E-state index is 13.2. The molecule has 0 radical (unpaired) electrons. The van der Waals surface area contributed by atoms with Gasteiger partial charge in [-0.1, -0.05) is 30.3 Å². The number of rotatable bonds is 4. The fourth-order valence-corrected chi connectivity index (χ4v) is 4.45. The molecule has 0 saturated carbocycles. The number of para-hydroxylation sites is 1. The standard InChI is InChI=1S/C25H25FN4O3/c26-19-8-6-17(7-9-19)22-14-30-16-27-23(21(30)15-33-22)25(32)29-12-10-18(11-13-29)24(31)28-20-4-2-1-3-5-20/h1-9,16,18,22H,10-15H2,(H,28,31). The summed E-state index contributed by atoms with van der Waals surface area (Å²) in [5.74, 6) is -0.542. The van der Waals surface area contributed by atoms with E-state index in [-0.39, 0.29) is 36.3 Å². The molecule has 1 atom stereocenters. The largest absolute Gasteiger partial charge is 0.365 e. The number of piperidine rings is 1. The van der Waals surface area contributed by atoms with Crippen molar-refractivity contribution in [3.8, 4) is 0 Å². The lowest BCUT2D eigenvalue weighted by Gasteiger charge is -2.31. The number of nitrogens with zero attached hydrogens (tertiary/aromatic N) is 3. The summed E-state index contributed by atoms with van der Waals surface area (Å²) < 4.78 is 21.1. The van der Waals surface area contributed by atoms with Gasteiger partial charge in [-0.15, -0.1) is 0 Å². The number of ether oxygens (including phenoxy) is 1. The number of fused-ring (bicyclic) bond motifs is 1. The van der Waals surface area contributed by atoms with Gasteiger partial charge in [-0.3, -0.25) is 9.59 Å². The van der Waals surface area contributed by atoms with E-state index in [1.807, 2.05) is 34.9 Å². The van der Waals surface area contributed by atoms with Crippen LogP contribution in [0.4, 0.5) is 10.1 Å². The van der Waals surface area contributed by atoms with Crippen LogP contribution >= 0.6 is 0 Å². The van der Waals surface area contributed by atoms with Gasteiger partial charge in [-0.25, -0.2) is 9.37 Å². The van der Waals surface area contributed by atoms with E-state index >= 15 is 0 Å². The first-order valence-electron chi connectivity index (χ1n) is 11.1. The Hall–Kier alpha value is -3.52. The average molecular weight is 448 g/mol. The third kappa shape index (κ3) is 4.52. The molecular weight excluding hydrogens is 423 g/mol. The third-order valence-corrected chi connectivity index (χ3v) is 6.37. The molecule has 0 aliphatic carbocycles. The zero-order valence-electron chi connectivity index (χ0n) is 18.1. The van der Waals surface area contributed by atoms with E-state index in [1.165, 1.54) is 12.1 Å². The molecule has 8 heteroatoms. The molecule has 5 rings (SSSR count). The van der Waals surface area contributed by atoms with Crippen LogP contribution in [-0.2, 0) is 22.7 Å². The highest BCUT2D eigenvalue weighted by Gasteiger charge is 2.32. The van der Waals surface area contributed by atoms with E-state index in [4.69, 9.17) is 4.74 Å². The van der Waals surface area contributed by atoms with Gasteiger partial charge in [0, 0.05) is 24.7 Å². The number of likely N-dealkylation sites (tertiary alicyclic amines) is 1. The maximum Gasteiger partial charge on any atom is 0.274 e. The van der Waals surface area contributed by atoms with Crippen LogP contribution in [-0.4, -0.2) is 39.4 Å². The molecule has 3 heterocycles. The van der Waals surface area contributed by atoms with E-state index in [2.05, 4.69) is 10.3 Å². The zero-order chi connectivity index (χ0) is 22.8. The van der Waals surface area contributed by atoms with Crippen LogP contribution in [0, 0.1) is 11.7 Å². The number of carbonyl (C=O) groups excluding carboxylic acids is 2. The van der Waals surface area contributed by atoms with Crippen molar-refractivity contribution in [3.05, 3.63) is 83.7 Å².